The molecule has 2 aromatic carbocycles. The van der Waals surface area contributed by atoms with Gasteiger partial charge in [-0.25, -0.2) is 4.98 Å². The van der Waals surface area contributed by atoms with Crippen molar-refractivity contribution in [2.24, 2.45) is 0 Å². The molecule has 6 heteroatoms. The highest BCUT2D eigenvalue weighted by molar-refractivity contribution is 7.12. The van der Waals surface area contributed by atoms with Gasteiger partial charge in [-0.05, 0) is 30.7 Å². The summed E-state index contributed by atoms with van der Waals surface area (Å²) in [4.78, 5) is 21.4. The SMILES string of the molecule is Cc1sc(CNC(=O)Cc2c[nH]c3ccccc23)nc1-c1ccc(Cl)cc1. The number of nitrogens with zero attached hydrogens (tertiary/aromatic N) is 1. The van der Waals surface area contributed by atoms with Crippen LogP contribution in [0.4, 0.5) is 0 Å². The van der Waals surface area contributed by atoms with Crippen molar-refractivity contribution in [2.45, 2.75) is 19.9 Å². The Hall–Kier alpha value is -2.63. The van der Waals surface area contributed by atoms with E-state index >= 15 is 0 Å². The summed E-state index contributed by atoms with van der Waals surface area (Å²) < 4.78 is 0. The number of hydrogen-bond acceptors (Lipinski definition) is 3. The molecular weight excluding hydrogens is 378 g/mol. The van der Waals surface area contributed by atoms with Gasteiger partial charge in [0.15, 0.2) is 0 Å². The number of halogens is 1. The molecule has 4 rings (SSSR count). The highest BCUT2D eigenvalue weighted by Gasteiger charge is 2.12. The molecule has 0 spiro atoms. The smallest absolute Gasteiger partial charge is 0.224 e. The monoisotopic (exact) mass is 395 g/mol. The Balaban J connectivity index is 1.42. The third-order valence-corrected chi connectivity index (χ3v) is 5.64. The van der Waals surface area contributed by atoms with Crippen LogP contribution in [0.1, 0.15) is 15.4 Å². The molecule has 27 heavy (non-hydrogen) atoms. The number of H-pyrrole nitrogens is 1. The van der Waals surface area contributed by atoms with Gasteiger partial charge < -0.3 is 10.3 Å². The molecule has 136 valence electrons. The zero-order valence-corrected chi connectivity index (χ0v) is 16.3. The number of carbonyl (C=O) groups is 1. The van der Waals surface area contributed by atoms with Crippen LogP contribution in [0, 0.1) is 6.92 Å². The molecule has 4 nitrogen and oxygen atoms in total. The first-order chi connectivity index (χ1) is 13.1. The van der Waals surface area contributed by atoms with E-state index in [4.69, 9.17) is 11.6 Å². The van der Waals surface area contributed by atoms with Crippen LogP contribution in [0.5, 0.6) is 0 Å². The lowest BCUT2D eigenvalue weighted by Gasteiger charge is -2.02. The van der Waals surface area contributed by atoms with Crippen molar-refractivity contribution in [2.75, 3.05) is 0 Å². The predicted octanol–water partition coefficient (Wildman–Crippen LogP) is 5.11. The van der Waals surface area contributed by atoms with Gasteiger partial charge in [0, 0.05) is 32.6 Å². The second kappa shape index (κ2) is 7.55. The van der Waals surface area contributed by atoms with E-state index in [2.05, 4.69) is 15.3 Å². The van der Waals surface area contributed by atoms with Crippen LogP contribution in [-0.2, 0) is 17.8 Å². The minimum Gasteiger partial charge on any atom is -0.361 e. The van der Waals surface area contributed by atoms with Gasteiger partial charge >= 0.3 is 0 Å². The summed E-state index contributed by atoms with van der Waals surface area (Å²) in [5.41, 5.74) is 4.02. The number of rotatable bonds is 5. The molecule has 0 bridgehead atoms. The van der Waals surface area contributed by atoms with E-state index < -0.39 is 0 Å². The Labute approximate surface area is 166 Å². The number of fused-ring (bicyclic) bond motifs is 1. The largest absolute Gasteiger partial charge is 0.361 e. The first-order valence-electron chi connectivity index (χ1n) is 8.64. The van der Waals surface area contributed by atoms with E-state index in [0.29, 0.717) is 18.0 Å². The average molecular weight is 396 g/mol. The van der Waals surface area contributed by atoms with Gasteiger partial charge in [-0.1, -0.05) is 41.9 Å². The predicted molar refractivity (Wildman–Crippen MR) is 111 cm³/mol. The first kappa shape index (κ1) is 17.8. The number of aromatic amines is 1. The van der Waals surface area contributed by atoms with E-state index in [1.807, 2.05) is 61.7 Å². The van der Waals surface area contributed by atoms with Gasteiger partial charge in [-0.3, -0.25) is 4.79 Å². The summed E-state index contributed by atoms with van der Waals surface area (Å²) in [7, 11) is 0. The maximum Gasteiger partial charge on any atom is 0.224 e. The number of aryl methyl sites for hydroxylation is 1. The third-order valence-electron chi connectivity index (χ3n) is 4.42. The van der Waals surface area contributed by atoms with Gasteiger partial charge in [0.2, 0.25) is 5.91 Å². The number of benzene rings is 2. The summed E-state index contributed by atoms with van der Waals surface area (Å²) in [5, 5.41) is 5.66. The van der Waals surface area contributed by atoms with E-state index in [1.165, 1.54) is 0 Å². The zero-order chi connectivity index (χ0) is 18.8. The van der Waals surface area contributed by atoms with Crippen molar-refractivity contribution >= 4 is 39.7 Å². The highest BCUT2D eigenvalue weighted by Crippen LogP contribution is 2.28. The molecule has 0 saturated heterocycles. The lowest BCUT2D eigenvalue weighted by molar-refractivity contribution is -0.120. The number of amides is 1. The quantitative estimate of drug-likeness (QED) is 0.493. The standard InChI is InChI=1S/C21H18ClN3OS/c1-13-21(14-6-8-16(22)9-7-14)25-20(27-13)12-24-19(26)10-15-11-23-18-5-3-2-4-17(15)18/h2-9,11,23H,10,12H2,1H3,(H,24,26). The molecule has 0 aliphatic heterocycles. The molecule has 1 amide bonds. The Bertz CT molecular complexity index is 1100. The number of carbonyl (C=O) groups excluding carboxylic acids is 1. The number of nitrogens with one attached hydrogen (secondary N) is 2. The summed E-state index contributed by atoms with van der Waals surface area (Å²) in [6.07, 6.45) is 2.24. The Morgan fingerprint density at radius 3 is 2.78 bits per heavy atom. The molecular formula is C21H18ClN3OS. The summed E-state index contributed by atoms with van der Waals surface area (Å²) in [6, 6.07) is 15.6. The molecule has 4 aromatic rings. The molecule has 0 aliphatic rings. The van der Waals surface area contributed by atoms with E-state index in [-0.39, 0.29) is 5.91 Å². The molecule has 2 heterocycles. The maximum atomic E-state index is 12.4. The topological polar surface area (TPSA) is 57.8 Å². The summed E-state index contributed by atoms with van der Waals surface area (Å²) in [5.74, 6) is -0.0133. The van der Waals surface area contributed by atoms with E-state index in [9.17, 15) is 4.79 Å². The summed E-state index contributed by atoms with van der Waals surface area (Å²) >= 11 is 7.56. The van der Waals surface area contributed by atoms with Gasteiger partial charge in [-0.2, -0.15) is 0 Å². The van der Waals surface area contributed by atoms with Crippen LogP contribution in [0.2, 0.25) is 5.02 Å². The van der Waals surface area contributed by atoms with Crippen molar-refractivity contribution in [3.8, 4) is 11.3 Å². The lowest BCUT2D eigenvalue weighted by Crippen LogP contribution is -2.24. The number of aromatic nitrogens is 2. The van der Waals surface area contributed by atoms with E-state index in [1.54, 1.807) is 11.3 Å². The second-order valence-corrected chi connectivity index (χ2v) is 8.06. The molecule has 0 radical (unpaired) electrons. The average Bonchev–Trinajstić information content (AvgIpc) is 3.24. The third kappa shape index (κ3) is 3.89. The fourth-order valence-corrected chi connectivity index (χ4v) is 4.11. The van der Waals surface area contributed by atoms with Gasteiger partial charge in [-0.15, -0.1) is 11.3 Å². The molecule has 2 aromatic heterocycles. The van der Waals surface area contributed by atoms with E-state index in [0.717, 1.165) is 37.6 Å². The van der Waals surface area contributed by atoms with Gasteiger partial charge in [0.25, 0.3) is 0 Å². The van der Waals surface area contributed by atoms with Crippen molar-refractivity contribution in [1.82, 2.24) is 15.3 Å². The van der Waals surface area contributed by atoms with Crippen LogP contribution >= 0.6 is 22.9 Å². The van der Waals surface area contributed by atoms with Crippen molar-refractivity contribution in [1.29, 1.82) is 0 Å². The van der Waals surface area contributed by atoms with Crippen LogP contribution in [-0.4, -0.2) is 15.9 Å². The first-order valence-corrected chi connectivity index (χ1v) is 9.83. The Morgan fingerprint density at radius 2 is 1.96 bits per heavy atom. The number of para-hydroxylation sites is 1. The summed E-state index contributed by atoms with van der Waals surface area (Å²) in [6.45, 7) is 2.47. The van der Waals surface area contributed by atoms with Gasteiger partial charge in [0.05, 0.1) is 18.7 Å². The maximum absolute atomic E-state index is 12.4. The normalized spacial score (nSPS) is 11.0. The highest BCUT2D eigenvalue weighted by atomic mass is 35.5. The Morgan fingerprint density at radius 1 is 1.19 bits per heavy atom. The minimum atomic E-state index is -0.0133. The van der Waals surface area contributed by atoms with Crippen LogP contribution in [0.3, 0.4) is 0 Å². The number of hydrogen-bond donors (Lipinski definition) is 2. The fraction of sp³-hybridized carbons (Fsp3) is 0.143. The van der Waals surface area contributed by atoms with Crippen LogP contribution in [0.25, 0.3) is 22.2 Å². The molecule has 0 fully saturated rings. The van der Waals surface area contributed by atoms with Crippen molar-refractivity contribution in [3.63, 3.8) is 0 Å². The lowest BCUT2D eigenvalue weighted by atomic mass is 10.1. The Kier molecular flexibility index (Phi) is 4.97. The molecule has 2 N–H and O–H groups in total. The second-order valence-electron chi connectivity index (χ2n) is 6.33. The van der Waals surface area contributed by atoms with Crippen molar-refractivity contribution < 1.29 is 4.79 Å². The molecule has 0 atom stereocenters. The molecule has 0 aliphatic carbocycles. The zero-order valence-electron chi connectivity index (χ0n) is 14.8. The molecule has 0 saturated carbocycles. The molecule has 0 unspecified atom stereocenters. The minimum absolute atomic E-state index is 0.0133. The van der Waals surface area contributed by atoms with Crippen LogP contribution in [0.15, 0.2) is 54.7 Å². The van der Waals surface area contributed by atoms with Crippen molar-refractivity contribution in [3.05, 3.63) is 75.2 Å². The van der Waals surface area contributed by atoms with Gasteiger partial charge in [0.1, 0.15) is 5.01 Å². The van der Waals surface area contributed by atoms with Crippen LogP contribution < -0.4 is 5.32 Å². The fourth-order valence-electron chi connectivity index (χ4n) is 3.09. The number of thiazole rings is 1.